The molecular formula is C13H10O2. The molecule has 1 aliphatic heterocycles. The fraction of sp³-hybridized carbons (Fsp3) is 0.0769. The summed E-state index contributed by atoms with van der Waals surface area (Å²) in [5.74, 6) is 2.46. The van der Waals surface area contributed by atoms with Gasteiger partial charge in [-0.3, -0.25) is 0 Å². The quantitative estimate of drug-likeness (QED) is 0.646. The Kier molecular flexibility index (Phi) is 1.85. The van der Waals surface area contributed by atoms with Crippen LogP contribution in [0, 0.1) is 0 Å². The van der Waals surface area contributed by atoms with Crippen molar-refractivity contribution in [2.24, 2.45) is 0 Å². The fourth-order valence-corrected chi connectivity index (χ4v) is 1.65. The number of hydrogen-bond acceptors (Lipinski definition) is 2. The lowest BCUT2D eigenvalue weighted by molar-refractivity contribution is 0.307. The molecule has 0 bridgehead atoms. The third-order valence-corrected chi connectivity index (χ3v) is 2.42. The van der Waals surface area contributed by atoms with Crippen LogP contribution in [0.3, 0.4) is 0 Å². The first kappa shape index (κ1) is 8.36. The van der Waals surface area contributed by atoms with Gasteiger partial charge in [-0.25, -0.2) is 0 Å². The van der Waals surface area contributed by atoms with Gasteiger partial charge >= 0.3 is 0 Å². The maximum absolute atomic E-state index is 5.78. The molecule has 0 radical (unpaired) electrons. The Morgan fingerprint density at radius 3 is 2.27 bits per heavy atom. The van der Waals surface area contributed by atoms with Crippen LogP contribution in [0.2, 0.25) is 0 Å². The minimum atomic E-state index is 0.563. The van der Waals surface area contributed by atoms with E-state index in [0.717, 1.165) is 22.8 Å². The van der Waals surface area contributed by atoms with E-state index < -0.39 is 0 Å². The second kappa shape index (κ2) is 3.31. The van der Waals surface area contributed by atoms with Crippen LogP contribution in [0.1, 0.15) is 5.56 Å². The lowest BCUT2D eigenvalue weighted by Crippen LogP contribution is -1.92. The molecule has 0 saturated carbocycles. The molecule has 2 nitrogen and oxygen atoms in total. The molecular weight excluding hydrogens is 188 g/mol. The molecule has 0 aliphatic carbocycles. The summed E-state index contributed by atoms with van der Waals surface area (Å²) in [5.41, 5.74) is 1.08. The van der Waals surface area contributed by atoms with Crippen molar-refractivity contribution in [1.29, 1.82) is 0 Å². The molecule has 1 aliphatic rings. The highest BCUT2D eigenvalue weighted by Gasteiger charge is 2.13. The fourth-order valence-electron chi connectivity index (χ4n) is 1.65. The Labute approximate surface area is 88.1 Å². The summed E-state index contributed by atoms with van der Waals surface area (Å²) < 4.78 is 11.4. The predicted octanol–water partition coefficient (Wildman–Crippen LogP) is 3.37. The number of benzene rings is 2. The molecule has 2 aromatic rings. The Bertz CT molecular complexity index is 446. The highest BCUT2D eigenvalue weighted by atomic mass is 16.5. The molecule has 74 valence electrons. The normalized spacial score (nSPS) is 12.8. The van der Waals surface area contributed by atoms with Crippen molar-refractivity contribution in [3.63, 3.8) is 0 Å². The van der Waals surface area contributed by atoms with Gasteiger partial charge in [-0.05, 0) is 18.2 Å². The Morgan fingerprint density at radius 1 is 0.733 bits per heavy atom. The molecule has 0 N–H and O–H groups in total. The Morgan fingerprint density at radius 2 is 1.40 bits per heavy atom. The van der Waals surface area contributed by atoms with E-state index in [-0.39, 0.29) is 0 Å². The maximum Gasteiger partial charge on any atom is 0.169 e. The van der Waals surface area contributed by atoms with Crippen LogP contribution in [0.4, 0.5) is 0 Å². The summed E-state index contributed by atoms with van der Waals surface area (Å²) in [7, 11) is 0. The molecule has 0 aromatic heterocycles. The summed E-state index contributed by atoms with van der Waals surface area (Å²) in [6.07, 6.45) is 0. The first-order chi connectivity index (χ1) is 7.43. The van der Waals surface area contributed by atoms with E-state index in [0.29, 0.717) is 6.61 Å². The molecule has 1 heterocycles. The molecule has 0 fully saturated rings. The molecule has 15 heavy (non-hydrogen) atoms. The van der Waals surface area contributed by atoms with Crippen molar-refractivity contribution in [3.05, 3.63) is 54.1 Å². The third-order valence-electron chi connectivity index (χ3n) is 2.42. The molecule has 0 unspecified atom stereocenters. The standard InChI is InChI=1S/C13H10O2/c1-2-6-11-10(5-1)9-14-12-7-3-4-8-13(12)15-11/h1-8H,9H2. The van der Waals surface area contributed by atoms with E-state index in [1.807, 2.05) is 48.5 Å². The van der Waals surface area contributed by atoms with Gasteiger partial charge in [0.05, 0.1) is 0 Å². The smallest absolute Gasteiger partial charge is 0.169 e. The zero-order valence-corrected chi connectivity index (χ0v) is 8.14. The van der Waals surface area contributed by atoms with Crippen LogP contribution >= 0.6 is 0 Å². The Balaban J connectivity index is 2.10. The van der Waals surface area contributed by atoms with Crippen molar-refractivity contribution < 1.29 is 9.47 Å². The first-order valence-electron chi connectivity index (χ1n) is 4.91. The molecule has 0 saturated heterocycles. The second-order valence-electron chi connectivity index (χ2n) is 3.45. The summed E-state index contributed by atoms with van der Waals surface area (Å²) in [4.78, 5) is 0. The van der Waals surface area contributed by atoms with Crippen LogP contribution in [0.25, 0.3) is 0 Å². The molecule has 3 rings (SSSR count). The molecule has 2 aromatic carbocycles. The van der Waals surface area contributed by atoms with Gasteiger partial charge in [-0.15, -0.1) is 0 Å². The molecule has 2 heteroatoms. The minimum Gasteiger partial charge on any atom is -0.485 e. The van der Waals surface area contributed by atoms with Crippen LogP contribution < -0.4 is 9.47 Å². The van der Waals surface area contributed by atoms with E-state index in [4.69, 9.17) is 9.47 Å². The maximum atomic E-state index is 5.78. The predicted molar refractivity (Wildman–Crippen MR) is 57.3 cm³/mol. The van der Waals surface area contributed by atoms with Crippen molar-refractivity contribution in [2.45, 2.75) is 6.61 Å². The summed E-state index contributed by atoms with van der Waals surface area (Å²) in [6.45, 7) is 0.563. The van der Waals surface area contributed by atoms with Crippen molar-refractivity contribution in [2.75, 3.05) is 0 Å². The lowest BCUT2D eigenvalue weighted by Gasteiger charge is -2.05. The SMILES string of the molecule is c1ccc2c(c1)COc1ccccc1O2. The summed E-state index contributed by atoms with van der Waals surface area (Å²) in [5, 5.41) is 0. The van der Waals surface area contributed by atoms with Gasteiger partial charge in [0.15, 0.2) is 11.5 Å². The average Bonchev–Trinajstić information content (AvgIpc) is 2.48. The van der Waals surface area contributed by atoms with E-state index in [1.54, 1.807) is 0 Å². The van der Waals surface area contributed by atoms with Crippen LogP contribution in [-0.2, 0) is 6.61 Å². The van der Waals surface area contributed by atoms with Gasteiger partial charge in [0.2, 0.25) is 0 Å². The van der Waals surface area contributed by atoms with Crippen LogP contribution in [0.15, 0.2) is 48.5 Å². The number of hydrogen-bond donors (Lipinski definition) is 0. The average molecular weight is 198 g/mol. The number of ether oxygens (including phenoxy) is 2. The summed E-state index contributed by atoms with van der Waals surface area (Å²) in [6, 6.07) is 15.6. The van der Waals surface area contributed by atoms with Gasteiger partial charge < -0.3 is 9.47 Å². The number of para-hydroxylation sites is 3. The molecule has 0 amide bonds. The van der Waals surface area contributed by atoms with Gasteiger partial charge in [0.25, 0.3) is 0 Å². The first-order valence-corrected chi connectivity index (χ1v) is 4.91. The Hall–Kier alpha value is -1.96. The van der Waals surface area contributed by atoms with Crippen LogP contribution in [0.5, 0.6) is 17.2 Å². The molecule has 0 spiro atoms. The third kappa shape index (κ3) is 1.44. The summed E-state index contributed by atoms with van der Waals surface area (Å²) >= 11 is 0. The molecule has 0 atom stereocenters. The van der Waals surface area contributed by atoms with Gasteiger partial charge in [-0.2, -0.15) is 0 Å². The van der Waals surface area contributed by atoms with E-state index >= 15 is 0 Å². The van der Waals surface area contributed by atoms with Gasteiger partial charge in [-0.1, -0.05) is 30.3 Å². The van der Waals surface area contributed by atoms with Gasteiger partial charge in [0, 0.05) is 5.56 Å². The van der Waals surface area contributed by atoms with Crippen molar-refractivity contribution in [3.8, 4) is 17.2 Å². The number of rotatable bonds is 0. The second-order valence-corrected chi connectivity index (χ2v) is 3.45. The monoisotopic (exact) mass is 198 g/mol. The largest absolute Gasteiger partial charge is 0.485 e. The lowest BCUT2D eigenvalue weighted by atomic mass is 10.2. The van der Waals surface area contributed by atoms with Crippen LogP contribution in [-0.4, -0.2) is 0 Å². The highest BCUT2D eigenvalue weighted by molar-refractivity contribution is 5.46. The minimum absolute atomic E-state index is 0.563. The zero-order valence-electron chi connectivity index (χ0n) is 8.14. The van der Waals surface area contributed by atoms with Crippen molar-refractivity contribution in [1.82, 2.24) is 0 Å². The topological polar surface area (TPSA) is 18.5 Å². The zero-order chi connectivity index (χ0) is 10.1. The van der Waals surface area contributed by atoms with E-state index in [2.05, 4.69) is 0 Å². The highest BCUT2D eigenvalue weighted by Crippen LogP contribution is 2.36. The number of fused-ring (bicyclic) bond motifs is 2. The van der Waals surface area contributed by atoms with Crippen molar-refractivity contribution >= 4 is 0 Å². The van der Waals surface area contributed by atoms with E-state index in [1.165, 1.54) is 0 Å². The van der Waals surface area contributed by atoms with Gasteiger partial charge in [0.1, 0.15) is 12.4 Å². The van der Waals surface area contributed by atoms with E-state index in [9.17, 15) is 0 Å².